The second-order valence-corrected chi connectivity index (χ2v) is 13.2. The van der Waals surface area contributed by atoms with Crippen LogP contribution in [0.5, 0.6) is 0 Å². The molecule has 0 aromatic carbocycles. The monoisotopic (exact) mass is 640 g/mol. The summed E-state index contributed by atoms with van der Waals surface area (Å²) in [6, 6.07) is 0. The fourth-order valence-electron chi connectivity index (χ4n) is 4.32. The summed E-state index contributed by atoms with van der Waals surface area (Å²) in [5.74, 6) is -1.22. The first-order valence-electron chi connectivity index (χ1n) is 16.4. The molecule has 10 heteroatoms. The Morgan fingerprint density at radius 1 is 0.711 bits per heavy atom. The Balaban J connectivity index is 4.46. The number of aliphatic hydroxyl groups excluding tert-OH is 1. The highest BCUT2D eigenvalue weighted by Crippen LogP contribution is 2.22. The Labute approximate surface area is 271 Å². The maximum atomic E-state index is 12.9. The van der Waals surface area contributed by atoms with Crippen LogP contribution in [0.2, 0.25) is 0 Å². The maximum absolute atomic E-state index is 12.9. The molecule has 0 aromatic rings. The van der Waals surface area contributed by atoms with E-state index in [-0.39, 0.29) is 43.7 Å². The van der Waals surface area contributed by atoms with Gasteiger partial charge in [0.1, 0.15) is 35.3 Å². The van der Waals surface area contributed by atoms with Gasteiger partial charge in [0.05, 0.1) is 6.61 Å². The van der Waals surface area contributed by atoms with Crippen molar-refractivity contribution in [3.05, 3.63) is 12.2 Å². The van der Waals surface area contributed by atoms with Crippen LogP contribution >= 0.6 is 0 Å². The number of hydrogen-bond acceptors (Lipinski definition) is 10. The molecule has 10 nitrogen and oxygen atoms in total. The van der Waals surface area contributed by atoms with Crippen molar-refractivity contribution in [3.8, 4) is 0 Å². The zero-order valence-corrected chi connectivity index (χ0v) is 29.4. The largest absolute Gasteiger partial charge is 0.460 e. The van der Waals surface area contributed by atoms with Gasteiger partial charge in [-0.25, -0.2) is 4.79 Å². The molecular weight excluding hydrogens is 580 g/mol. The maximum Gasteiger partial charge on any atom is 0.333 e. The normalized spacial score (nSPS) is 14.1. The number of carbonyl (C=O) groups is 5. The van der Waals surface area contributed by atoms with Crippen LogP contribution in [0.25, 0.3) is 0 Å². The average molecular weight is 641 g/mol. The molecule has 0 bridgehead atoms. The number of unbranched alkanes of at least 4 members (excludes halogenated alkanes) is 4. The predicted octanol–water partition coefficient (Wildman–Crippen LogP) is 5.69. The smallest absolute Gasteiger partial charge is 0.333 e. The lowest BCUT2D eigenvalue weighted by Crippen LogP contribution is -2.46. The van der Waals surface area contributed by atoms with Gasteiger partial charge in [-0.2, -0.15) is 0 Å². The van der Waals surface area contributed by atoms with Crippen LogP contribution < -0.4 is 0 Å². The zero-order chi connectivity index (χ0) is 34.8. The van der Waals surface area contributed by atoms with Crippen molar-refractivity contribution >= 4 is 29.1 Å². The minimum Gasteiger partial charge on any atom is -0.460 e. The summed E-state index contributed by atoms with van der Waals surface area (Å²) in [4.78, 5) is 61.7. The van der Waals surface area contributed by atoms with Gasteiger partial charge in [-0.15, -0.1) is 0 Å². The quantitative estimate of drug-likeness (QED) is 0.0676. The molecule has 0 saturated heterocycles. The van der Waals surface area contributed by atoms with Crippen LogP contribution in [-0.2, 0) is 42.9 Å². The number of aliphatic hydroxyl groups is 1. The topological polar surface area (TPSA) is 143 Å². The van der Waals surface area contributed by atoms with E-state index in [0.29, 0.717) is 57.1 Å². The number of ketones is 4. The molecule has 2 unspecified atom stereocenters. The molecule has 0 spiro atoms. The lowest BCUT2D eigenvalue weighted by molar-refractivity contribution is -0.154. The van der Waals surface area contributed by atoms with E-state index in [9.17, 15) is 29.1 Å². The fraction of sp³-hybridized carbons (Fsp3) is 0.800. The van der Waals surface area contributed by atoms with Crippen LogP contribution in [0.1, 0.15) is 127 Å². The van der Waals surface area contributed by atoms with Gasteiger partial charge < -0.3 is 24.1 Å². The Bertz CT molecular complexity index is 981. The van der Waals surface area contributed by atoms with E-state index in [4.69, 9.17) is 18.9 Å². The molecule has 0 radical (unpaired) electrons. The minimum absolute atomic E-state index is 0.0311. The molecule has 45 heavy (non-hydrogen) atoms. The highest BCUT2D eigenvalue weighted by Gasteiger charge is 2.38. The number of esters is 1. The minimum atomic E-state index is -1.52. The number of carbonyl (C=O) groups excluding carboxylic acids is 5. The van der Waals surface area contributed by atoms with E-state index in [1.165, 1.54) is 0 Å². The van der Waals surface area contributed by atoms with Gasteiger partial charge in [-0.05, 0) is 73.6 Å². The van der Waals surface area contributed by atoms with E-state index < -0.39 is 40.4 Å². The molecule has 0 amide bonds. The van der Waals surface area contributed by atoms with E-state index in [1.54, 1.807) is 41.5 Å². The van der Waals surface area contributed by atoms with Crippen LogP contribution in [0.3, 0.4) is 0 Å². The van der Waals surface area contributed by atoms with Crippen molar-refractivity contribution in [1.82, 2.24) is 0 Å². The SMILES string of the molecule is C=C(C)C(=O)OCCOC(C)(CC)C(=O)CCCCCOC(C)(C)C(=O)CC(O)C(=O)C(C)(C)OCCCCCC(=O)C(C)C. The molecule has 260 valence electrons. The summed E-state index contributed by atoms with van der Waals surface area (Å²) in [7, 11) is 0. The summed E-state index contributed by atoms with van der Waals surface area (Å²) in [5.41, 5.74) is -3.12. The Kier molecular flexibility index (Phi) is 19.7. The van der Waals surface area contributed by atoms with Crippen molar-refractivity contribution < 1.29 is 48.0 Å². The Hall–Kier alpha value is -2.27. The second kappa shape index (κ2) is 20.8. The molecule has 0 fully saturated rings. The molecule has 0 heterocycles. The summed E-state index contributed by atoms with van der Waals surface area (Å²) < 4.78 is 22.3. The van der Waals surface area contributed by atoms with Gasteiger partial charge in [0.2, 0.25) is 0 Å². The van der Waals surface area contributed by atoms with E-state index in [1.807, 2.05) is 20.8 Å². The van der Waals surface area contributed by atoms with Crippen molar-refractivity contribution in [2.75, 3.05) is 26.4 Å². The third-order valence-corrected chi connectivity index (χ3v) is 7.98. The predicted molar refractivity (Wildman–Crippen MR) is 173 cm³/mol. The van der Waals surface area contributed by atoms with Gasteiger partial charge in [0, 0.05) is 44.0 Å². The van der Waals surface area contributed by atoms with Gasteiger partial charge in [0.25, 0.3) is 0 Å². The molecule has 1 N–H and O–H groups in total. The number of Topliss-reactive ketones (excluding diaryl/α,β-unsaturated/α-hetero) is 4. The number of ether oxygens (including phenoxy) is 4. The fourth-order valence-corrected chi connectivity index (χ4v) is 4.32. The lowest BCUT2D eigenvalue weighted by atomic mass is 9.91. The first-order chi connectivity index (χ1) is 20.8. The van der Waals surface area contributed by atoms with E-state index in [2.05, 4.69) is 6.58 Å². The van der Waals surface area contributed by atoms with E-state index in [0.717, 1.165) is 12.8 Å². The number of rotatable bonds is 27. The van der Waals surface area contributed by atoms with Gasteiger partial charge >= 0.3 is 5.97 Å². The zero-order valence-electron chi connectivity index (χ0n) is 29.4. The third-order valence-electron chi connectivity index (χ3n) is 7.98. The average Bonchev–Trinajstić information content (AvgIpc) is 2.97. The molecule has 0 aliphatic heterocycles. The third kappa shape index (κ3) is 16.7. The standard InChI is InChI=1S/C35H60O10/c1-11-35(10,45-23-22-42-32(41)26(4)5)29(38)19-15-13-17-20-43-33(6,7)30(39)24-28(37)31(40)34(8,9)44-21-16-12-14-18-27(36)25(2)3/h25,28,37H,4,11-24H2,1-3,5-10H3. The first-order valence-corrected chi connectivity index (χ1v) is 16.4. The van der Waals surface area contributed by atoms with Crippen LogP contribution in [0.15, 0.2) is 12.2 Å². The Morgan fingerprint density at radius 2 is 1.24 bits per heavy atom. The molecule has 0 saturated carbocycles. The molecule has 0 aliphatic carbocycles. The molecule has 0 aromatic heterocycles. The second-order valence-electron chi connectivity index (χ2n) is 13.2. The lowest BCUT2D eigenvalue weighted by Gasteiger charge is -2.29. The highest BCUT2D eigenvalue weighted by atomic mass is 16.6. The summed E-state index contributed by atoms with van der Waals surface area (Å²) in [5, 5.41) is 10.5. The van der Waals surface area contributed by atoms with Crippen LogP contribution in [0.4, 0.5) is 0 Å². The van der Waals surface area contributed by atoms with Gasteiger partial charge in [-0.3, -0.25) is 19.2 Å². The summed E-state index contributed by atoms with van der Waals surface area (Å²) in [6.45, 7) is 19.6. The van der Waals surface area contributed by atoms with Crippen molar-refractivity contribution in [1.29, 1.82) is 0 Å². The van der Waals surface area contributed by atoms with Crippen molar-refractivity contribution in [2.24, 2.45) is 5.92 Å². The highest BCUT2D eigenvalue weighted by molar-refractivity contribution is 5.96. The Morgan fingerprint density at radius 3 is 1.76 bits per heavy atom. The van der Waals surface area contributed by atoms with Crippen molar-refractivity contribution in [3.63, 3.8) is 0 Å². The van der Waals surface area contributed by atoms with Gasteiger partial charge in [0.15, 0.2) is 17.3 Å². The van der Waals surface area contributed by atoms with Crippen molar-refractivity contribution in [2.45, 2.75) is 149 Å². The first kappa shape index (κ1) is 42.7. The summed E-state index contributed by atoms with van der Waals surface area (Å²) >= 11 is 0. The molecule has 0 aliphatic rings. The molecule has 2 atom stereocenters. The molecular formula is C35H60O10. The number of hydrogen-bond donors (Lipinski definition) is 1. The van der Waals surface area contributed by atoms with Gasteiger partial charge in [-0.1, -0.05) is 40.2 Å². The van der Waals surface area contributed by atoms with E-state index >= 15 is 0 Å². The summed E-state index contributed by atoms with van der Waals surface area (Å²) in [6.07, 6.45) is 3.65. The molecule has 0 rings (SSSR count). The van der Waals surface area contributed by atoms with Crippen LogP contribution in [-0.4, -0.2) is 83.5 Å². The van der Waals surface area contributed by atoms with Crippen LogP contribution in [0, 0.1) is 5.92 Å².